The van der Waals surface area contributed by atoms with Gasteiger partial charge in [0, 0.05) is 19.6 Å². The summed E-state index contributed by atoms with van der Waals surface area (Å²) in [7, 11) is 0. The van der Waals surface area contributed by atoms with Gasteiger partial charge in [0.1, 0.15) is 0 Å². The summed E-state index contributed by atoms with van der Waals surface area (Å²) in [6, 6.07) is 6.79. The van der Waals surface area contributed by atoms with Gasteiger partial charge < -0.3 is 9.80 Å². The Labute approximate surface area is 122 Å². The molecule has 0 unspecified atom stereocenters. The van der Waals surface area contributed by atoms with Crippen molar-refractivity contribution in [3.63, 3.8) is 0 Å². The van der Waals surface area contributed by atoms with Gasteiger partial charge in [-0.25, -0.2) is 0 Å². The summed E-state index contributed by atoms with van der Waals surface area (Å²) in [6.45, 7) is 3.41. The molecule has 0 spiro atoms. The van der Waals surface area contributed by atoms with E-state index >= 15 is 0 Å². The molecule has 0 saturated carbocycles. The number of hydrogen-bond acceptors (Lipinski definition) is 2. The third kappa shape index (κ3) is 3.49. The number of amides is 1. The van der Waals surface area contributed by atoms with Crippen LogP contribution in [0.5, 0.6) is 0 Å². The van der Waals surface area contributed by atoms with Gasteiger partial charge in [0.2, 0.25) is 0 Å². The van der Waals surface area contributed by atoms with Crippen LogP contribution in [0.25, 0.3) is 0 Å². The van der Waals surface area contributed by atoms with Crippen molar-refractivity contribution in [1.29, 1.82) is 0 Å². The zero-order chi connectivity index (χ0) is 15.5. The molecule has 6 heteroatoms. The number of para-hydroxylation sites is 2. The SMILES string of the molecule is CCCCCN1CCN(C(=O)C(F)(F)F)c2ccccc21. The van der Waals surface area contributed by atoms with Gasteiger partial charge >= 0.3 is 12.1 Å². The van der Waals surface area contributed by atoms with Gasteiger partial charge in [-0.3, -0.25) is 4.79 Å². The molecular formula is C15H19F3N2O. The van der Waals surface area contributed by atoms with Crippen LogP contribution in [0.3, 0.4) is 0 Å². The van der Waals surface area contributed by atoms with Crippen LogP contribution < -0.4 is 9.80 Å². The van der Waals surface area contributed by atoms with E-state index in [2.05, 4.69) is 11.8 Å². The predicted molar refractivity (Wildman–Crippen MR) is 76.6 cm³/mol. The lowest BCUT2D eigenvalue weighted by Gasteiger charge is -2.38. The maximum atomic E-state index is 12.7. The first-order valence-corrected chi connectivity index (χ1v) is 7.18. The van der Waals surface area contributed by atoms with E-state index in [1.807, 2.05) is 0 Å². The number of unbranched alkanes of at least 4 members (excludes halogenated alkanes) is 2. The van der Waals surface area contributed by atoms with Gasteiger partial charge in [-0.15, -0.1) is 0 Å². The molecule has 0 N–H and O–H groups in total. The smallest absolute Gasteiger partial charge is 0.368 e. The second-order valence-corrected chi connectivity index (χ2v) is 5.14. The maximum Gasteiger partial charge on any atom is 0.471 e. The maximum absolute atomic E-state index is 12.7. The first kappa shape index (κ1) is 15.7. The Balaban J connectivity index is 2.22. The Morgan fingerprint density at radius 3 is 2.43 bits per heavy atom. The topological polar surface area (TPSA) is 23.6 Å². The minimum Gasteiger partial charge on any atom is -0.368 e. The van der Waals surface area contributed by atoms with Crippen LogP contribution in [-0.2, 0) is 4.79 Å². The highest BCUT2D eigenvalue weighted by atomic mass is 19.4. The first-order valence-electron chi connectivity index (χ1n) is 7.18. The van der Waals surface area contributed by atoms with Crippen LogP contribution in [-0.4, -0.2) is 31.7 Å². The van der Waals surface area contributed by atoms with Crippen LogP contribution in [0.4, 0.5) is 24.5 Å². The Hall–Kier alpha value is -1.72. The number of fused-ring (bicyclic) bond motifs is 1. The predicted octanol–water partition coefficient (Wildman–Crippen LogP) is 3.59. The fourth-order valence-electron chi connectivity index (χ4n) is 2.57. The fraction of sp³-hybridized carbons (Fsp3) is 0.533. The highest BCUT2D eigenvalue weighted by Crippen LogP contribution is 2.35. The monoisotopic (exact) mass is 300 g/mol. The van der Waals surface area contributed by atoms with Crippen molar-refractivity contribution >= 4 is 17.3 Å². The lowest BCUT2D eigenvalue weighted by atomic mass is 10.1. The molecule has 1 aliphatic heterocycles. The van der Waals surface area contributed by atoms with Crippen molar-refractivity contribution in [2.75, 3.05) is 29.4 Å². The molecule has 1 aliphatic rings. The van der Waals surface area contributed by atoms with E-state index in [-0.39, 0.29) is 6.54 Å². The molecule has 2 rings (SSSR count). The highest BCUT2D eigenvalue weighted by molar-refractivity contribution is 6.01. The molecule has 0 aliphatic carbocycles. The Morgan fingerprint density at radius 1 is 1.14 bits per heavy atom. The van der Waals surface area contributed by atoms with Crippen LogP contribution >= 0.6 is 0 Å². The summed E-state index contributed by atoms with van der Waals surface area (Å²) in [6.07, 6.45) is -1.66. The van der Waals surface area contributed by atoms with E-state index in [9.17, 15) is 18.0 Å². The number of rotatable bonds is 4. The van der Waals surface area contributed by atoms with E-state index in [1.165, 1.54) is 0 Å². The molecule has 1 aromatic rings. The molecule has 3 nitrogen and oxygen atoms in total. The van der Waals surface area contributed by atoms with Gasteiger partial charge in [0.25, 0.3) is 0 Å². The summed E-state index contributed by atoms with van der Waals surface area (Å²) in [5.41, 5.74) is 1.06. The second-order valence-electron chi connectivity index (χ2n) is 5.14. The Bertz CT molecular complexity index is 502. The molecule has 116 valence electrons. The normalized spacial score (nSPS) is 15.0. The largest absolute Gasteiger partial charge is 0.471 e. The number of halogens is 3. The molecule has 0 radical (unpaired) electrons. The molecule has 0 atom stereocenters. The van der Waals surface area contributed by atoms with E-state index in [1.54, 1.807) is 24.3 Å². The molecule has 1 amide bonds. The number of carbonyl (C=O) groups excluding carboxylic acids is 1. The fourth-order valence-corrected chi connectivity index (χ4v) is 2.57. The first-order chi connectivity index (χ1) is 9.95. The molecular weight excluding hydrogens is 281 g/mol. The zero-order valence-corrected chi connectivity index (χ0v) is 12.0. The lowest BCUT2D eigenvalue weighted by Crippen LogP contribution is -2.49. The third-order valence-electron chi connectivity index (χ3n) is 3.63. The summed E-state index contributed by atoms with van der Waals surface area (Å²) in [5, 5.41) is 0. The lowest BCUT2D eigenvalue weighted by molar-refractivity contribution is -0.170. The van der Waals surface area contributed by atoms with E-state index in [0.717, 1.165) is 30.7 Å². The molecule has 0 fully saturated rings. The third-order valence-corrected chi connectivity index (χ3v) is 3.63. The second kappa shape index (κ2) is 6.37. The highest BCUT2D eigenvalue weighted by Gasteiger charge is 2.44. The summed E-state index contributed by atoms with van der Waals surface area (Å²) < 4.78 is 38.0. The number of hydrogen-bond donors (Lipinski definition) is 0. The number of nitrogens with zero attached hydrogens (tertiary/aromatic N) is 2. The van der Waals surface area contributed by atoms with Crippen molar-refractivity contribution < 1.29 is 18.0 Å². The van der Waals surface area contributed by atoms with Crippen LogP contribution in [0.1, 0.15) is 26.2 Å². The molecule has 0 bridgehead atoms. The number of anilines is 2. The molecule has 0 saturated heterocycles. The minimum atomic E-state index is -4.84. The van der Waals surface area contributed by atoms with Crippen LogP contribution in [0.15, 0.2) is 24.3 Å². The van der Waals surface area contributed by atoms with Gasteiger partial charge in [0.15, 0.2) is 0 Å². The molecule has 1 heterocycles. The number of alkyl halides is 3. The van der Waals surface area contributed by atoms with E-state index in [0.29, 0.717) is 17.9 Å². The molecule has 0 aromatic heterocycles. The minimum absolute atomic E-state index is 0.0709. The summed E-state index contributed by atoms with van der Waals surface area (Å²) in [5.74, 6) is -1.79. The Kier molecular flexibility index (Phi) is 4.75. The average Bonchev–Trinajstić information content (AvgIpc) is 2.46. The quantitative estimate of drug-likeness (QED) is 0.793. The van der Waals surface area contributed by atoms with E-state index < -0.39 is 12.1 Å². The van der Waals surface area contributed by atoms with Crippen molar-refractivity contribution in [2.24, 2.45) is 0 Å². The van der Waals surface area contributed by atoms with Crippen LogP contribution in [0, 0.1) is 0 Å². The van der Waals surface area contributed by atoms with Crippen molar-refractivity contribution in [1.82, 2.24) is 0 Å². The van der Waals surface area contributed by atoms with Gasteiger partial charge in [-0.1, -0.05) is 31.9 Å². The summed E-state index contributed by atoms with van der Waals surface area (Å²) >= 11 is 0. The van der Waals surface area contributed by atoms with E-state index in [4.69, 9.17) is 0 Å². The number of carbonyl (C=O) groups is 1. The molecule has 1 aromatic carbocycles. The van der Waals surface area contributed by atoms with Gasteiger partial charge in [-0.2, -0.15) is 13.2 Å². The average molecular weight is 300 g/mol. The van der Waals surface area contributed by atoms with Crippen molar-refractivity contribution in [2.45, 2.75) is 32.4 Å². The van der Waals surface area contributed by atoms with Crippen molar-refractivity contribution in [3.05, 3.63) is 24.3 Å². The van der Waals surface area contributed by atoms with Gasteiger partial charge in [0.05, 0.1) is 11.4 Å². The van der Waals surface area contributed by atoms with Crippen LogP contribution in [0.2, 0.25) is 0 Å². The van der Waals surface area contributed by atoms with Crippen molar-refractivity contribution in [3.8, 4) is 0 Å². The Morgan fingerprint density at radius 2 is 1.81 bits per heavy atom. The molecule has 21 heavy (non-hydrogen) atoms. The van der Waals surface area contributed by atoms with Gasteiger partial charge in [-0.05, 0) is 18.6 Å². The standard InChI is InChI=1S/C15H19F3N2O/c1-2-3-6-9-19-10-11-20(14(21)15(16,17)18)13-8-5-4-7-12(13)19/h4-5,7-8H,2-3,6,9-11H2,1H3. The number of benzene rings is 1. The zero-order valence-electron chi connectivity index (χ0n) is 12.0. The summed E-state index contributed by atoms with van der Waals surface area (Å²) in [4.78, 5) is 14.4.